The first-order valence-corrected chi connectivity index (χ1v) is 5.00. The number of carbonyl (C=O) groups excluding carboxylic acids is 1. The topological polar surface area (TPSA) is 92.1 Å². The Morgan fingerprint density at radius 1 is 1.25 bits per heavy atom. The van der Waals surface area contributed by atoms with Crippen LogP contribution in [0.3, 0.4) is 0 Å². The maximum Gasteiger partial charge on any atom is 0.284 e. The Morgan fingerprint density at radius 2 is 1.88 bits per heavy atom. The maximum atomic E-state index is 11.2. The monoisotopic (exact) mass is 224 g/mol. The fraction of sp³-hybridized carbons (Fsp3) is 0.364. The Labute approximate surface area is 96.9 Å². The lowest BCUT2D eigenvalue weighted by Gasteiger charge is -2.02. The Hall–Kier alpha value is -1.33. The summed E-state index contributed by atoms with van der Waals surface area (Å²) in [4.78, 5) is 11.2. The van der Waals surface area contributed by atoms with Crippen molar-refractivity contribution in [1.82, 2.24) is 5.23 Å². The highest BCUT2D eigenvalue weighted by Gasteiger charge is 2.01. The molecule has 0 fully saturated rings. The van der Waals surface area contributed by atoms with Gasteiger partial charge in [0.2, 0.25) is 5.91 Å². The van der Waals surface area contributed by atoms with E-state index in [4.69, 9.17) is 0 Å². The number of carbonyl (C=O) groups is 1. The van der Waals surface area contributed by atoms with Gasteiger partial charge in [-0.15, -0.1) is 0 Å². The number of unbranched alkanes of at least 4 members (excludes halogenated alkanes) is 1. The van der Waals surface area contributed by atoms with Crippen molar-refractivity contribution in [3.05, 3.63) is 30.3 Å². The highest BCUT2D eigenvalue weighted by Crippen LogP contribution is 1.92. The fourth-order valence-electron chi connectivity index (χ4n) is 1.12. The second kappa shape index (κ2) is 10.2. The van der Waals surface area contributed by atoms with Crippen molar-refractivity contribution in [2.45, 2.75) is 26.2 Å². The molecule has 5 N–H and O–H groups in total. The minimum absolute atomic E-state index is 0. The van der Waals surface area contributed by atoms with E-state index in [1.807, 2.05) is 30.3 Å². The molecule has 1 aromatic carbocycles. The van der Waals surface area contributed by atoms with E-state index in [-0.39, 0.29) is 16.9 Å². The summed E-state index contributed by atoms with van der Waals surface area (Å²) in [5.74, 6) is 0.0932. The van der Waals surface area contributed by atoms with Crippen LogP contribution in [0.2, 0.25) is 0 Å². The van der Waals surface area contributed by atoms with Crippen LogP contribution < -0.4 is 10.7 Å². The van der Waals surface area contributed by atoms with Crippen molar-refractivity contribution in [2.75, 3.05) is 0 Å². The zero-order valence-corrected chi connectivity index (χ0v) is 9.49. The Balaban J connectivity index is 0. The molecule has 0 bridgehead atoms. The molecule has 4 nitrogen and oxygen atoms in total. The van der Waals surface area contributed by atoms with E-state index < -0.39 is 0 Å². The molecular formula is C11H19BNO3. The third-order valence-corrected chi connectivity index (χ3v) is 1.96. The number of amides is 1. The summed E-state index contributed by atoms with van der Waals surface area (Å²) < 4.78 is 0. The van der Waals surface area contributed by atoms with Gasteiger partial charge in [0.25, 0.3) is 7.41 Å². The average molecular weight is 224 g/mol. The molecule has 1 radical (unpaired) electrons. The second-order valence-corrected chi connectivity index (χ2v) is 3.23. The van der Waals surface area contributed by atoms with Gasteiger partial charge in [0.05, 0.1) is 0 Å². The van der Waals surface area contributed by atoms with Crippen molar-refractivity contribution >= 4 is 18.8 Å². The Kier molecular flexibility index (Phi) is 10.9. The molecule has 0 spiro atoms. The van der Waals surface area contributed by atoms with Crippen LogP contribution in [0.5, 0.6) is 0 Å². The second-order valence-electron chi connectivity index (χ2n) is 3.23. The van der Waals surface area contributed by atoms with Gasteiger partial charge in [0.1, 0.15) is 0 Å². The largest absolute Gasteiger partial charge is 0.412 e. The lowest BCUT2D eigenvalue weighted by molar-refractivity contribution is -0.119. The molecule has 1 rings (SSSR count). The van der Waals surface area contributed by atoms with Gasteiger partial charge in [-0.25, -0.2) is 0 Å². The van der Waals surface area contributed by atoms with E-state index in [2.05, 4.69) is 12.2 Å². The van der Waals surface area contributed by atoms with E-state index in [0.29, 0.717) is 6.42 Å². The molecule has 89 valence electrons. The number of hydrogen-bond acceptors (Lipinski definition) is 1. The van der Waals surface area contributed by atoms with Gasteiger partial charge in [-0.1, -0.05) is 49.1 Å². The average Bonchev–Trinajstić information content (AvgIpc) is 2.25. The molecule has 16 heavy (non-hydrogen) atoms. The SMILES string of the molecule is CCCCC(=O)N[B]c1ccccc1.O.O. The molecule has 0 saturated heterocycles. The summed E-state index contributed by atoms with van der Waals surface area (Å²) in [7, 11) is 1.75. The number of benzene rings is 1. The smallest absolute Gasteiger partial charge is 0.284 e. The molecule has 1 amide bonds. The van der Waals surface area contributed by atoms with Crippen LogP contribution in [-0.2, 0) is 4.79 Å². The molecule has 5 heteroatoms. The first-order chi connectivity index (χ1) is 6.83. The van der Waals surface area contributed by atoms with Crippen LogP contribution in [-0.4, -0.2) is 24.3 Å². The minimum atomic E-state index is 0. The Bertz CT molecular complexity index is 280. The van der Waals surface area contributed by atoms with Gasteiger partial charge in [0, 0.05) is 6.42 Å². The lowest BCUT2D eigenvalue weighted by atomic mass is 9.83. The van der Waals surface area contributed by atoms with Crippen molar-refractivity contribution in [3.8, 4) is 0 Å². The van der Waals surface area contributed by atoms with Crippen LogP contribution in [0.1, 0.15) is 26.2 Å². The van der Waals surface area contributed by atoms with Gasteiger partial charge >= 0.3 is 0 Å². The molecule has 0 atom stereocenters. The van der Waals surface area contributed by atoms with Crippen LogP contribution in [0.15, 0.2) is 30.3 Å². The molecule has 0 aliphatic rings. The zero-order chi connectivity index (χ0) is 10.2. The highest BCUT2D eigenvalue weighted by atomic mass is 16.1. The fourth-order valence-corrected chi connectivity index (χ4v) is 1.12. The van der Waals surface area contributed by atoms with E-state index in [9.17, 15) is 4.79 Å². The van der Waals surface area contributed by atoms with Gasteiger partial charge in [-0.05, 0) is 6.42 Å². The van der Waals surface area contributed by atoms with E-state index in [1.54, 1.807) is 7.41 Å². The maximum absolute atomic E-state index is 11.2. The molecule has 1 aromatic rings. The van der Waals surface area contributed by atoms with Crippen LogP contribution in [0.4, 0.5) is 0 Å². The van der Waals surface area contributed by atoms with E-state index >= 15 is 0 Å². The highest BCUT2D eigenvalue weighted by molar-refractivity contribution is 6.53. The van der Waals surface area contributed by atoms with Gasteiger partial charge in [-0.2, -0.15) is 0 Å². The summed E-state index contributed by atoms with van der Waals surface area (Å²) >= 11 is 0. The predicted molar refractivity (Wildman–Crippen MR) is 66.7 cm³/mol. The lowest BCUT2D eigenvalue weighted by Crippen LogP contribution is -2.35. The standard InChI is InChI=1S/C11H15BNO.2H2O/c1-2-3-9-11(14)13-12-10-7-5-4-6-8-10;;/h4-8H,2-3,9H2,1H3,(H,13,14);2*1H2. The summed E-state index contributed by atoms with van der Waals surface area (Å²) in [5, 5.41) is 2.77. The molecule has 0 heterocycles. The van der Waals surface area contributed by atoms with Gasteiger partial charge in [-0.3, -0.25) is 4.79 Å². The minimum Gasteiger partial charge on any atom is -0.412 e. The third kappa shape index (κ3) is 7.03. The molecule has 0 aromatic heterocycles. The van der Waals surface area contributed by atoms with Gasteiger partial charge in [0.15, 0.2) is 0 Å². The zero-order valence-electron chi connectivity index (χ0n) is 9.49. The van der Waals surface area contributed by atoms with Crippen molar-refractivity contribution < 1.29 is 15.7 Å². The van der Waals surface area contributed by atoms with Crippen molar-refractivity contribution in [1.29, 1.82) is 0 Å². The summed E-state index contributed by atoms with van der Waals surface area (Å²) in [6.45, 7) is 2.08. The summed E-state index contributed by atoms with van der Waals surface area (Å²) in [5.41, 5.74) is 1.03. The van der Waals surface area contributed by atoms with Crippen LogP contribution in [0, 0.1) is 0 Å². The first-order valence-electron chi connectivity index (χ1n) is 5.00. The number of hydrogen-bond donors (Lipinski definition) is 1. The molecule has 0 unspecified atom stereocenters. The molecule has 0 saturated carbocycles. The number of rotatable bonds is 5. The summed E-state index contributed by atoms with van der Waals surface area (Å²) in [6, 6.07) is 9.77. The van der Waals surface area contributed by atoms with Gasteiger partial charge < -0.3 is 16.2 Å². The third-order valence-electron chi connectivity index (χ3n) is 1.96. The van der Waals surface area contributed by atoms with Crippen molar-refractivity contribution in [3.63, 3.8) is 0 Å². The molecule has 0 aliphatic heterocycles. The Morgan fingerprint density at radius 3 is 2.44 bits per heavy atom. The number of nitrogens with one attached hydrogen (secondary N) is 1. The molecular weight excluding hydrogens is 205 g/mol. The van der Waals surface area contributed by atoms with E-state index in [1.165, 1.54) is 0 Å². The molecule has 0 aliphatic carbocycles. The predicted octanol–water partition coefficient (Wildman–Crippen LogP) is -0.412. The normalized spacial score (nSPS) is 8.31. The van der Waals surface area contributed by atoms with Crippen LogP contribution in [0.25, 0.3) is 0 Å². The van der Waals surface area contributed by atoms with Crippen LogP contribution >= 0.6 is 0 Å². The first kappa shape index (κ1) is 17.1. The quantitative estimate of drug-likeness (QED) is 0.676. The van der Waals surface area contributed by atoms with Crippen molar-refractivity contribution in [2.24, 2.45) is 0 Å². The summed E-state index contributed by atoms with van der Waals surface area (Å²) in [6.07, 6.45) is 2.62. The van der Waals surface area contributed by atoms with E-state index in [0.717, 1.165) is 18.3 Å².